The van der Waals surface area contributed by atoms with Crippen molar-refractivity contribution in [3.63, 3.8) is 0 Å². The Morgan fingerprint density at radius 2 is 2.30 bits per heavy atom. The van der Waals surface area contributed by atoms with Gasteiger partial charge in [-0.3, -0.25) is 4.98 Å². The summed E-state index contributed by atoms with van der Waals surface area (Å²) in [7, 11) is 0. The molecule has 4 nitrogen and oxygen atoms in total. The second kappa shape index (κ2) is 1.70. The number of hydrogen-bond acceptors (Lipinski definition) is 4. The highest BCUT2D eigenvalue weighted by Crippen LogP contribution is 2.15. The minimum Gasteiger partial charge on any atom is -0.442 e. The van der Waals surface area contributed by atoms with Crippen molar-refractivity contribution >= 4 is 16.8 Å². The molecule has 0 saturated heterocycles. The van der Waals surface area contributed by atoms with Crippen LogP contribution in [0.1, 0.15) is 0 Å². The van der Waals surface area contributed by atoms with Gasteiger partial charge in [0.1, 0.15) is 5.52 Å². The molecule has 10 heavy (non-hydrogen) atoms. The average Bonchev–Trinajstić information content (AvgIpc) is 2.36. The van der Waals surface area contributed by atoms with Gasteiger partial charge in [-0.25, -0.2) is 4.98 Å². The molecule has 0 radical (unpaired) electrons. The number of oxazole rings is 1. The zero-order chi connectivity index (χ0) is 6.97. The highest BCUT2D eigenvalue weighted by atomic mass is 16.3. The molecule has 0 saturated carbocycles. The van der Waals surface area contributed by atoms with Crippen LogP contribution in [0, 0.1) is 0 Å². The smallest absolute Gasteiger partial charge is 0.182 e. The topological polar surface area (TPSA) is 64.9 Å². The Morgan fingerprint density at radius 3 is 3.10 bits per heavy atom. The number of hydrogen-bond donors (Lipinski definition) is 1. The zero-order valence-electron chi connectivity index (χ0n) is 5.11. The van der Waals surface area contributed by atoms with Gasteiger partial charge in [-0.2, -0.15) is 0 Å². The van der Waals surface area contributed by atoms with Gasteiger partial charge >= 0.3 is 0 Å². The standard InChI is InChI=1S/C6H5N3O/c7-4-1-8-2-5-6(4)9-3-10-5/h1-3H,7H2. The first-order valence-electron chi connectivity index (χ1n) is 2.80. The van der Waals surface area contributed by atoms with E-state index >= 15 is 0 Å². The molecule has 0 amide bonds. The van der Waals surface area contributed by atoms with Gasteiger partial charge in [0.25, 0.3) is 0 Å². The fourth-order valence-corrected chi connectivity index (χ4v) is 0.810. The molecule has 0 fully saturated rings. The van der Waals surface area contributed by atoms with Gasteiger partial charge in [-0.05, 0) is 0 Å². The molecule has 50 valence electrons. The lowest BCUT2D eigenvalue weighted by Crippen LogP contribution is -1.86. The predicted molar refractivity (Wildman–Crippen MR) is 36.2 cm³/mol. The molecule has 0 aliphatic heterocycles. The summed E-state index contributed by atoms with van der Waals surface area (Å²) in [4.78, 5) is 7.71. The van der Waals surface area contributed by atoms with Crippen molar-refractivity contribution in [2.24, 2.45) is 0 Å². The number of nitrogens with two attached hydrogens (primary N) is 1. The number of pyridine rings is 1. The third-order valence-electron chi connectivity index (χ3n) is 1.27. The maximum atomic E-state index is 5.52. The summed E-state index contributed by atoms with van der Waals surface area (Å²) in [5.41, 5.74) is 7.36. The molecule has 0 bridgehead atoms. The van der Waals surface area contributed by atoms with E-state index < -0.39 is 0 Å². The average molecular weight is 135 g/mol. The minimum absolute atomic E-state index is 0.547. The summed E-state index contributed by atoms with van der Waals surface area (Å²) >= 11 is 0. The lowest BCUT2D eigenvalue weighted by Gasteiger charge is -1.88. The molecular formula is C6H5N3O. The molecule has 2 heterocycles. The van der Waals surface area contributed by atoms with Crippen molar-refractivity contribution in [1.29, 1.82) is 0 Å². The number of aromatic nitrogens is 2. The van der Waals surface area contributed by atoms with Gasteiger partial charge in [-0.15, -0.1) is 0 Å². The number of rotatable bonds is 0. The Balaban J connectivity index is 2.95. The van der Waals surface area contributed by atoms with E-state index in [4.69, 9.17) is 10.2 Å². The number of anilines is 1. The summed E-state index contributed by atoms with van der Waals surface area (Å²) in [5.74, 6) is 0. The number of nitrogen functional groups attached to an aromatic ring is 1. The Hall–Kier alpha value is -1.58. The third kappa shape index (κ3) is 0.556. The van der Waals surface area contributed by atoms with Gasteiger partial charge in [0.2, 0.25) is 0 Å². The van der Waals surface area contributed by atoms with Gasteiger partial charge in [-0.1, -0.05) is 0 Å². The molecule has 2 rings (SSSR count). The van der Waals surface area contributed by atoms with Crippen LogP contribution in [0.15, 0.2) is 23.2 Å². The normalized spacial score (nSPS) is 10.4. The van der Waals surface area contributed by atoms with Gasteiger partial charge in [0, 0.05) is 0 Å². The van der Waals surface area contributed by atoms with Gasteiger partial charge in [0.05, 0.1) is 18.1 Å². The molecule has 0 aliphatic carbocycles. The lowest BCUT2D eigenvalue weighted by atomic mass is 10.4. The second-order valence-electron chi connectivity index (χ2n) is 1.93. The maximum absolute atomic E-state index is 5.52. The van der Waals surface area contributed by atoms with Crippen LogP contribution < -0.4 is 5.73 Å². The molecule has 0 spiro atoms. The SMILES string of the molecule is Nc1cncc2ocnc12. The monoisotopic (exact) mass is 135 g/mol. The third-order valence-corrected chi connectivity index (χ3v) is 1.27. The summed E-state index contributed by atoms with van der Waals surface area (Å²) in [6.07, 6.45) is 4.48. The molecule has 0 unspecified atom stereocenters. The molecular weight excluding hydrogens is 130 g/mol. The lowest BCUT2D eigenvalue weighted by molar-refractivity contribution is 0.601. The van der Waals surface area contributed by atoms with E-state index in [-0.39, 0.29) is 0 Å². The Kier molecular flexibility index (Phi) is 0.887. The van der Waals surface area contributed by atoms with Gasteiger partial charge in [0.15, 0.2) is 12.0 Å². The van der Waals surface area contributed by atoms with Crippen molar-refractivity contribution in [2.75, 3.05) is 5.73 Å². The minimum atomic E-state index is 0.547. The molecule has 2 N–H and O–H groups in total. The van der Waals surface area contributed by atoms with Crippen LogP contribution >= 0.6 is 0 Å². The van der Waals surface area contributed by atoms with Crippen LogP contribution in [0.3, 0.4) is 0 Å². The van der Waals surface area contributed by atoms with E-state index in [2.05, 4.69) is 9.97 Å². The van der Waals surface area contributed by atoms with E-state index in [0.717, 1.165) is 0 Å². The van der Waals surface area contributed by atoms with Crippen molar-refractivity contribution in [3.8, 4) is 0 Å². The summed E-state index contributed by atoms with van der Waals surface area (Å²) in [6.45, 7) is 0. The summed E-state index contributed by atoms with van der Waals surface area (Å²) in [5, 5.41) is 0. The quantitative estimate of drug-likeness (QED) is 0.580. The van der Waals surface area contributed by atoms with Crippen molar-refractivity contribution in [1.82, 2.24) is 9.97 Å². The van der Waals surface area contributed by atoms with E-state index in [9.17, 15) is 0 Å². The molecule has 2 aromatic rings. The molecule has 0 aromatic carbocycles. The first-order chi connectivity index (χ1) is 4.88. The first-order valence-corrected chi connectivity index (χ1v) is 2.80. The highest BCUT2D eigenvalue weighted by molar-refractivity contribution is 5.83. The van der Waals surface area contributed by atoms with E-state index in [1.807, 2.05) is 0 Å². The predicted octanol–water partition coefficient (Wildman–Crippen LogP) is 0.805. The Morgan fingerprint density at radius 1 is 1.40 bits per heavy atom. The van der Waals surface area contributed by atoms with Crippen LogP contribution in [0.4, 0.5) is 5.69 Å². The fourth-order valence-electron chi connectivity index (χ4n) is 0.810. The fraction of sp³-hybridized carbons (Fsp3) is 0. The highest BCUT2D eigenvalue weighted by Gasteiger charge is 1.99. The summed E-state index contributed by atoms with van der Waals surface area (Å²) < 4.78 is 4.95. The second-order valence-corrected chi connectivity index (χ2v) is 1.93. The molecule has 4 heteroatoms. The van der Waals surface area contributed by atoms with Crippen LogP contribution in [0.25, 0.3) is 11.1 Å². The summed E-state index contributed by atoms with van der Waals surface area (Å²) in [6, 6.07) is 0. The Bertz CT molecular complexity index is 355. The number of fused-ring (bicyclic) bond motifs is 1. The molecule has 2 aromatic heterocycles. The van der Waals surface area contributed by atoms with Crippen molar-refractivity contribution in [2.45, 2.75) is 0 Å². The van der Waals surface area contributed by atoms with E-state index in [1.54, 1.807) is 12.4 Å². The van der Waals surface area contributed by atoms with E-state index in [0.29, 0.717) is 16.8 Å². The van der Waals surface area contributed by atoms with Crippen molar-refractivity contribution in [3.05, 3.63) is 18.8 Å². The van der Waals surface area contributed by atoms with Crippen molar-refractivity contribution < 1.29 is 4.42 Å². The van der Waals surface area contributed by atoms with Crippen LogP contribution in [-0.4, -0.2) is 9.97 Å². The van der Waals surface area contributed by atoms with E-state index in [1.165, 1.54) is 6.39 Å². The van der Waals surface area contributed by atoms with Crippen LogP contribution in [-0.2, 0) is 0 Å². The van der Waals surface area contributed by atoms with Gasteiger partial charge < -0.3 is 10.2 Å². The largest absolute Gasteiger partial charge is 0.442 e. The first kappa shape index (κ1) is 5.22. The zero-order valence-corrected chi connectivity index (χ0v) is 5.11. The molecule has 0 aliphatic rings. The number of nitrogens with zero attached hydrogens (tertiary/aromatic N) is 2. The molecule has 0 atom stereocenters. The maximum Gasteiger partial charge on any atom is 0.182 e. The van der Waals surface area contributed by atoms with Crippen LogP contribution in [0.2, 0.25) is 0 Å². The Labute approximate surface area is 56.7 Å². The van der Waals surface area contributed by atoms with Crippen LogP contribution in [0.5, 0.6) is 0 Å².